The Morgan fingerprint density at radius 3 is 2.00 bits per heavy atom. The Morgan fingerprint density at radius 1 is 0.957 bits per heavy atom. The van der Waals surface area contributed by atoms with E-state index < -0.39 is 0 Å². The smallest absolute Gasteiger partial charge is 0.279 e. The predicted molar refractivity (Wildman–Crippen MR) is 90.1 cm³/mol. The van der Waals surface area contributed by atoms with Crippen molar-refractivity contribution in [3.63, 3.8) is 0 Å². The standard InChI is InChI=1S/C18H22N2O3/c1-20(12-14-4-8-16(22-2)9-5-14)13-18(21)19-15-6-10-17(23-3)11-7-15/h4-11H,12-13H2,1-3H3,(H,19,21)/p+1. The fourth-order valence-electron chi connectivity index (χ4n) is 2.31. The maximum absolute atomic E-state index is 12.1. The highest BCUT2D eigenvalue weighted by molar-refractivity contribution is 5.91. The van der Waals surface area contributed by atoms with Crippen LogP contribution in [0.15, 0.2) is 48.5 Å². The van der Waals surface area contributed by atoms with Crippen LogP contribution in [0.25, 0.3) is 0 Å². The molecule has 1 unspecified atom stereocenters. The summed E-state index contributed by atoms with van der Waals surface area (Å²) in [6.45, 7) is 1.18. The van der Waals surface area contributed by atoms with E-state index in [4.69, 9.17) is 9.47 Å². The van der Waals surface area contributed by atoms with Gasteiger partial charge in [-0.05, 0) is 48.5 Å². The number of anilines is 1. The summed E-state index contributed by atoms with van der Waals surface area (Å²) in [5.41, 5.74) is 1.94. The summed E-state index contributed by atoms with van der Waals surface area (Å²) in [5, 5.41) is 2.89. The first-order valence-electron chi connectivity index (χ1n) is 7.49. The molecule has 2 aromatic carbocycles. The predicted octanol–water partition coefficient (Wildman–Crippen LogP) is 1.36. The minimum absolute atomic E-state index is 0.0128. The van der Waals surface area contributed by atoms with Crippen LogP contribution in [-0.4, -0.2) is 33.7 Å². The summed E-state index contributed by atoms with van der Waals surface area (Å²) in [7, 11) is 5.26. The number of ether oxygens (including phenoxy) is 2. The quantitative estimate of drug-likeness (QED) is 0.811. The van der Waals surface area contributed by atoms with Crippen molar-refractivity contribution in [1.82, 2.24) is 0 Å². The molecular weight excluding hydrogens is 292 g/mol. The van der Waals surface area contributed by atoms with Gasteiger partial charge in [0.1, 0.15) is 18.0 Å². The third-order valence-corrected chi connectivity index (χ3v) is 3.50. The molecule has 0 bridgehead atoms. The highest BCUT2D eigenvalue weighted by Gasteiger charge is 2.11. The Kier molecular flexibility index (Phi) is 6.00. The van der Waals surface area contributed by atoms with Crippen LogP contribution in [0.2, 0.25) is 0 Å². The second-order valence-corrected chi connectivity index (χ2v) is 5.44. The minimum Gasteiger partial charge on any atom is -0.497 e. The van der Waals surface area contributed by atoms with Gasteiger partial charge in [0.15, 0.2) is 6.54 Å². The second-order valence-electron chi connectivity index (χ2n) is 5.44. The lowest BCUT2D eigenvalue weighted by atomic mass is 10.2. The number of rotatable bonds is 7. The number of likely N-dealkylation sites (N-methyl/N-ethyl adjacent to an activating group) is 1. The van der Waals surface area contributed by atoms with Crippen LogP contribution in [0, 0.1) is 0 Å². The zero-order chi connectivity index (χ0) is 16.7. The largest absolute Gasteiger partial charge is 0.497 e. The van der Waals surface area contributed by atoms with E-state index in [2.05, 4.69) is 5.32 Å². The van der Waals surface area contributed by atoms with Crippen LogP contribution >= 0.6 is 0 Å². The number of hydrogen-bond acceptors (Lipinski definition) is 3. The molecule has 2 aromatic rings. The topological polar surface area (TPSA) is 52.0 Å². The van der Waals surface area contributed by atoms with E-state index in [0.29, 0.717) is 6.54 Å². The molecule has 0 saturated heterocycles. The van der Waals surface area contributed by atoms with Crippen LogP contribution in [0.3, 0.4) is 0 Å². The van der Waals surface area contributed by atoms with Gasteiger partial charge in [-0.2, -0.15) is 0 Å². The van der Waals surface area contributed by atoms with Gasteiger partial charge in [0.05, 0.1) is 21.3 Å². The second kappa shape index (κ2) is 8.19. The van der Waals surface area contributed by atoms with Gasteiger partial charge in [-0.1, -0.05) is 0 Å². The summed E-state index contributed by atoms with van der Waals surface area (Å²) in [4.78, 5) is 13.2. The average Bonchev–Trinajstić information content (AvgIpc) is 2.56. The molecule has 0 saturated carbocycles. The number of nitrogens with one attached hydrogen (secondary N) is 2. The number of carbonyl (C=O) groups is 1. The van der Waals surface area contributed by atoms with E-state index in [1.54, 1.807) is 14.2 Å². The number of quaternary nitrogens is 1. The van der Waals surface area contributed by atoms with Crippen molar-refractivity contribution >= 4 is 11.6 Å². The van der Waals surface area contributed by atoms with E-state index in [9.17, 15) is 4.79 Å². The van der Waals surface area contributed by atoms with Gasteiger partial charge in [0.25, 0.3) is 5.91 Å². The number of carbonyl (C=O) groups excluding carboxylic acids is 1. The fourth-order valence-corrected chi connectivity index (χ4v) is 2.31. The van der Waals surface area contributed by atoms with Gasteiger partial charge in [0, 0.05) is 11.3 Å². The SMILES string of the molecule is COc1ccc(C[NH+](C)CC(=O)Nc2ccc(OC)cc2)cc1. The van der Waals surface area contributed by atoms with Crippen molar-refractivity contribution in [2.24, 2.45) is 0 Å². The van der Waals surface area contributed by atoms with Crippen LogP contribution in [0.4, 0.5) is 5.69 Å². The van der Waals surface area contributed by atoms with E-state index in [1.165, 1.54) is 5.56 Å². The van der Waals surface area contributed by atoms with Crippen molar-refractivity contribution in [1.29, 1.82) is 0 Å². The van der Waals surface area contributed by atoms with Crippen molar-refractivity contribution in [2.75, 3.05) is 33.1 Å². The third-order valence-electron chi connectivity index (χ3n) is 3.50. The van der Waals surface area contributed by atoms with E-state index >= 15 is 0 Å². The van der Waals surface area contributed by atoms with Crippen LogP contribution in [-0.2, 0) is 11.3 Å². The molecule has 122 valence electrons. The van der Waals surface area contributed by atoms with Crippen molar-refractivity contribution in [3.05, 3.63) is 54.1 Å². The maximum atomic E-state index is 12.1. The highest BCUT2D eigenvalue weighted by Crippen LogP contribution is 2.14. The Hall–Kier alpha value is -2.53. The molecule has 2 N–H and O–H groups in total. The Balaban J connectivity index is 1.83. The molecule has 0 aliphatic carbocycles. The first-order chi connectivity index (χ1) is 11.1. The van der Waals surface area contributed by atoms with Crippen LogP contribution < -0.4 is 19.7 Å². The first kappa shape index (κ1) is 16.8. The van der Waals surface area contributed by atoms with Crippen molar-refractivity contribution in [2.45, 2.75) is 6.54 Å². The number of hydrogen-bond donors (Lipinski definition) is 2. The molecule has 0 heterocycles. The van der Waals surface area contributed by atoms with Crippen molar-refractivity contribution in [3.8, 4) is 11.5 Å². The molecule has 1 amide bonds. The molecule has 23 heavy (non-hydrogen) atoms. The molecule has 5 nitrogen and oxygen atoms in total. The van der Waals surface area contributed by atoms with Crippen molar-refractivity contribution < 1.29 is 19.2 Å². The lowest BCUT2D eigenvalue weighted by Gasteiger charge is -2.14. The van der Waals surface area contributed by atoms with Gasteiger partial charge in [-0.3, -0.25) is 4.79 Å². The molecule has 0 aliphatic heterocycles. The van der Waals surface area contributed by atoms with Gasteiger partial charge < -0.3 is 19.7 Å². The monoisotopic (exact) mass is 315 g/mol. The summed E-state index contributed by atoms with van der Waals surface area (Å²) in [5.74, 6) is 1.59. The normalized spacial score (nSPS) is 11.6. The first-order valence-corrected chi connectivity index (χ1v) is 7.49. The Labute approximate surface area is 136 Å². The molecule has 1 atom stereocenters. The molecular formula is C18H23N2O3+. The zero-order valence-corrected chi connectivity index (χ0v) is 13.8. The van der Waals surface area contributed by atoms with Gasteiger partial charge in [0.2, 0.25) is 0 Å². The summed E-state index contributed by atoms with van der Waals surface area (Å²) >= 11 is 0. The third kappa shape index (κ3) is 5.30. The molecule has 0 aliphatic rings. The van der Waals surface area contributed by atoms with Gasteiger partial charge in [-0.15, -0.1) is 0 Å². The Bertz CT molecular complexity index is 624. The lowest BCUT2D eigenvalue weighted by Crippen LogP contribution is -3.08. The summed E-state index contributed by atoms with van der Waals surface area (Å²) < 4.78 is 10.2. The highest BCUT2D eigenvalue weighted by atomic mass is 16.5. The van der Waals surface area contributed by atoms with Crippen LogP contribution in [0.5, 0.6) is 11.5 Å². The fraction of sp³-hybridized carbons (Fsp3) is 0.278. The maximum Gasteiger partial charge on any atom is 0.279 e. The zero-order valence-electron chi connectivity index (χ0n) is 13.8. The summed E-state index contributed by atoms with van der Waals surface area (Å²) in [6.07, 6.45) is 0. The molecule has 0 spiro atoms. The molecule has 5 heteroatoms. The van der Waals surface area contributed by atoms with Gasteiger partial charge in [-0.25, -0.2) is 0 Å². The number of amides is 1. The average molecular weight is 315 g/mol. The van der Waals surface area contributed by atoms with E-state index in [0.717, 1.165) is 28.6 Å². The van der Waals surface area contributed by atoms with Crippen LogP contribution in [0.1, 0.15) is 5.56 Å². The minimum atomic E-state index is -0.0128. The molecule has 2 rings (SSSR count). The summed E-state index contributed by atoms with van der Waals surface area (Å²) in [6, 6.07) is 15.2. The van der Waals surface area contributed by atoms with Gasteiger partial charge >= 0.3 is 0 Å². The van der Waals surface area contributed by atoms with E-state index in [-0.39, 0.29) is 5.91 Å². The number of benzene rings is 2. The Morgan fingerprint density at radius 2 is 1.48 bits per heavy atom. The molecule has 0 aromatic heterocycles. The van der Waals surface area contributed by atoms with E-state index in [1.807, 2.05) is 55.6 Å². The lowest BCUT2D eigenvalue weighted by molar-refractivity contribution is -0.885. The molecule has 0 radical (unpaired) electrons. The molecule has 0 fully saturated rings. The number of methoxy groups -OCH3 is 2.